The van der Waals surface area contributed by atoms with E-state index < -0.39 is 5.91 Å². The lowest BCUT2D eigenvalue weighted by molar-refractivity contribution is -0.113. The van der Waals surface area contributed by atoms with Crippen LogP contribution in [0.1, 0.15) is 26.3 Å². The summed E-state index contributed by atoms with van der Waals surface area (Å²) >= 11 is 4.86. The molecule has 184 valence electrons. The van der Waals surface area contributed by atoms with Crippen LogP contribution in [0.2, 0.25) is 0 Å². The lowest BCUT2D eigenvalue weighted by Gasteiger charge is -2.12. The minimum Gasteiger partial charge on any atom is -0.321 e. The topological polar surface area (TPSA) is 75.3 Å². The lowest BCUT2D eigenvalue weighted by atomic mass is 10.1. The Hall–Kier alpha value is -3.94. The summed E-state index contributed by atoms with van der Waals surface area (Å²) in [5, 5.41) is 5.58. The molecule has 2 N–H and O–H groups in total. The molecule has 0 aliphatic heterocycles. The minimum atomic E-state index is -0.455. The molecule has 0 radical (unpaired) electrons. The van der Waals surface area contributed by atoms with E-state index in [-0.39, 0.29) is 17.4 Å². The van der Waals surface area contributed by atoms with Gasteiger partial charge in [0.15, 0.2) is 5.78 Å². The zero-order valence-corrected chi connectivity index (χ0v) is 22.1. The van der Waals surface area contributed by atoms with Crippen LogP contribution in [0.25, 0.3) is 6.08 Å². The molecule has 4 rings (SSSR count). The van der Waals surface area contributed by atoms with Gasteiger partial charge in [-0.15, -0.1) is 11.8 Å². The van der Waals surface area contributed by atoms with Gasteiger partial charge in [0.25, 0.3) is 11.8 Å². The van der Waals surface area contributed by atoms with Crippen LogP contribution < -0.4 is 10.6 Å². The molecule has 0 spiro atoms. The van der Waals surface area contributed by atoms with E-state index >= 15 is 0 Å². The molecule has 5 nitrogen and oxygen atoms in total. The van der Waals surface area contributed by atoms with Gasteiger partial charge in [0.05, 0.1) is 5.75 Å². The summed E-state index contributed by atoms with van der Waals surface area (Å²) in [7, 11) is 0. The van der Waals surface area contributed by atoms with Gasteiger partial charge < -0.3 is 10.6 Å². The molecule has 0 bridgehead atoms. The molecular formula is C30H23BrN2O3S. The van der Waals surface area contributed by atoms with Crippen molar-refractivity contribution in [1.29, 1.82) is 0 Å². The molecule has 37 heavy (non-hydrogen) atoms. The maximum Gasteiger partial charge on any atom is 0.272 e. The SMILES string of the molecule is O=C(Nc1ccc(SCC(=O)c2ccccc2)cc1)/C(=C/c1cccc(Br)c1)NC(=O)c1ccccc1. The Bertz CT molecular complexity index is 1420. The number of anilines is 1. The molecule has 4 aromatic carbocycles. The molecule has 2 amide bonds. The summed E-state index contributed by atoms with van der Waals surface area (Å²) in [6.45, 7) is 0. The number of ketones is 1. The summed E-state index contributed by atoms with van der Waals surface area (Å²) in [5.74, 6) is -0.462. The van der Waals surface area contributed by atoms with E-state index in [2.05, 4.69) is 26.6 Å². The van der Waals surface area contributed by atoms with Crippen LogP contribution in [0.15, 0.2) is 124 Å². The number of benzene rings is 4. The van der Waals surface area contributed by atoms with Crippen molar-refractivity contribution in [3.8, 4) is 0 Å². The highest BCUT2D eigenvalue weighted by molar-refractivity contribution is 9.10. The summed E-state index contributed by atoms with van der Waals surface area (Å²) in [5.41, 5.74) is 2.56. The van der Waals surface area contributed by atoms with E-state index in [0.29, 0.717) is 22.6 Å². The van der Waals surface area contributed by atoms with Crippen molar-refractivity contribution in [2.45, 2.75) is 4.90 Å². The van der Waals surface area contributed by atoms with Crippen molar-refractivity contribution in [3.63, 3.8) is 0 Å². The van der Waals surface area contributed by atoms with E-state index in [1.165, 1.54) is 11.8 Å². The Labute approximate surface area is 228 Å². The average Bonchev–Trinajstić information content (AvgIpc) is 2.93. The van der Waals surface area contributed by atoms with Gasteiger partial charge in [-0.1, -0.05) is 76.6 Å². The lowest BCUT2D eigenvalue weighted by Crippen LogP contribution is -2.30. The van der Waals surface area contributed by atoms with Gasteiger partial charge in [0.1, 0.15) is 5.70 Å². The van der Waals surface area contributed by atoms with Gasteiger partial charge in [0, 0.05) is 26.2 Å². The fourth-order valence-electron chi connectivity index (χ4n) is 3.39. The number of hydrogen-bond acceptors (Lipinski definition) is 4. The first-order chi connectivity index (χ1) is 18.0. The van der Waals surface area contributed by atoms with E-state index in [1.807, 2.05) is 60.7 Å². The number of Topliss-reactive ketones (excluding diaryl/α,β-unsaturated/α-hetero) is 1. The normalized spacial score (nSPS) is 11.0. The predicted octanol–water partition coefficient (Wildman–Crippen LogP) is 6.83. The summed E-state index contributed by atoms with van der Waals surface area (Å²) in [4.78, 5) is 39.2. The highest BCUT2D eigenvalue weighted by Crippen LogP contribution is 2.22. The van der Waals surface area contributed by atoms with Gasteiger partial charge >= 0.3 is 0 Å². The third-order valence-electron chi connectivity index (χ3n) is 5.27. The fraction of sp³-hybridized carbons (Fsp3) is 0.0333. The number of nitrogens with one attached hydrogen (secondary N) is 2. The number of hydrogen-bond donors (Lipinski definition) is 2. The van der Waals surface area contributed by atoms with Gasteiger partial charge in [-0.25, -0.2) is 0 Å². The first kappa shape index (κ1) is 26.1. The van der Waals surface area contributed by atoms with E-state index in [4.69, 9.17) is 0 Å². The van der Waals surface area contributed by atoms with Crippen LogP contribution in [-0.4, -0.2) is 23.4 Å². The predicted molar refractivity (Wildman–Crippen MR) is 153 cm³/mol. The number of carbonyl (C=O) groups is 3. The Balaban J connectivity index is 1.45. The highest BCUT2D eigenvalue weighted by atomic mass is 79.9. The van der Waals surface area contributed by atoms with Gasteiger partial charge in [0.2, 0.25) is 0 Å². The van der Waals surface area contributed by atoms with Crippen LogP contribution in [0.3, 0.4) is 0 Å². The number of halogens is 1. The van der Waals surface area contributed by atoms with Crippen molar-refractivity contribution in [3.05, 3.63) is 136 Å². The molecule has 0 atom stereocenters. The maximum absolute atomic E-state index is 13.2. The third kappa shape index (κ3) is 7.77. The Morgan fingerprint density at radius 1 is 0.757 bits per heavy atom. The fourth-order valence-corrected chi connectivity index (χ4v) is 4.60. The maximum atomic E-state index is 13.2. The standard InChI is InChI=1S/C30H23BrN2O3S/c31-24-13-7-8-21(18-24)19-27(33-29(35)23-11-5-2-6-12-23)30(36)32-25-14-16-26(17-15-25)37-20-28(34)22-9-3-1-4-10-22/h1-19H,20H2,(H,32,36)(H,33,35)/b27-19-. The molecule has 0 aliphatic carbocycles. The Morgan fingerprint density at radius 2 is 1.41 bits per heavy atom. The van der Waals surface area contributed by atoms with E-state index in [1.54, 1.807) is 54.6 Å². The smallest absolute Gasteiger partial charge is 0.272 e. The summed E-state index contributed by atoms with van der Waals surface area (Å²) < 4.78 is 0.856. The zero-order valence-electron chi connectivity index (χ0n) is 19.7. The zero-order chi connectivity index (χ0) is 26.0. The number of thioether (sulfide) groups is 1. The van der Waals surface area contributed by atoms with Crippen LogP contribution in [0.5, 0.6) is 0 Å². The first-order valence-electron chi connectivity index (χ1n) is 11.4. The van der Waals surface area contributed by atoms with Crippen molar-refractivity contribution >= 4 is 57.1 Å². The van der Waals surface area contributed by atoms with Gasteiger partial charge in [-0.05, 0) is 60.2 Å². The van der Waals surface area contributed by atoms with Crippen LogP contribution in [0.4, 0.5) is 5.69 Å². The third-order valence-corrected chi connectivity index (χ3v) is 6.77. The molecule has 0 saturated carbocycles. The summed E-state index contributed by atoms with van der Waals surface area (Å²) in [6, 6.07) is 32.5. The van der Waals surface area contributed by atoms with E-state index in [0.717, 1.165) is 14.9 Å². The first-order valence-corrected chi connectivity index (χ1v) is 13.2. The van der Waals surface area contributed by atoms with Crippen LogP contribution in [-0.2, 0) is 4.79 Å². The molecule has 0 aliphatic rings. The molecule has 7 heteroatoms. The molecule has 0 heterocycles. The number of amides is 2. The summed E-state index contributed by atoms with van der Waals surface area (Å²) in [6.07, 6.45) is 1.63. The van der Waals surface area contributed by atoms with Gasteiger partial charge in [-0.3, -0.25) is 14.4 Å². The molecule has 0 unspecified atom stereocenters. The number of rotatable bonds is 9. The quantitative estimate of drug-likeness (QED) is 0.131. The molecule has 0 saturated heterocycles. The van der Waals surface area contributed by atoms with Crippen LogP contribution in [0, 0.1) is 0 Å². The number of carbonyl (C=O) groups excluding carboxylic acids is 3. The molecule has 0 aromatic heterocycles. The molecule has 0 fully saturated rings. The second-order valence-corrected chi connectivity index (χ2v) is 9.95. The largest absolute Gasteiger partial charge is 0.321 e. The van der Waals surface area contributed by atoms with Crippen molar-refractivity contribution < 1.29 is 14.4 Å². The van der Waals surface area contributed by atoms with Crippen molar-refractivity contribution in [1.82, 2.24) is 5.32 Å². The minimum absolute atomic E-state index is 0.0551. The average molecular weight is 571 g/mol. The molecular weight excluding hydrogens is 548 g/mol. The highest BCUT2D eigenvalue weighted by Gasteiger charge is 2.15. The Kier molecular flexibility index (Phi) is 9.08. The van der Waals surface area contributed by atoms with Crippen LogP contribution >= 0.6 is 27.7 Å². The van der Waals surface area contributed by atoms with Gasteiger partial charge in [-0.2, -0.15) is 0 Å². The second-order valence-electron chi connectivity index (χ2n) is 7.99. The monoisotopic (exact) mass is 570 g/mol. The second kappa shape index (κ2) is 12.9. The van der Waals surface area contributed by atoms with Crippen molar-refractivity contribution in [2.75, 3.05) is 11.1 Å². The van der Waals surface area contributed by atoms with E-state index in [9.17, 15) is 14.4 Å². The molecule has 4 aromatic rings. The van der Waals surface area contributed by atoms with Crippen molar-refractivity contribution in [2.24, 2.45) is 0 Å². The Morgan fingerprint density at radius 3 is 2.05 bits per heavy atom.